The van der Waals surface area contributed by atoms with Crippen LogP contribution in [-0.4, -0.2) is 6.04 Å². The Labute approximate surface area is 48.4 Å². The predicted molar refractivity (Wildman–Crippen MR) is 19.5 cm³/mol. The smallest absolute Gasteiger partial charge is 0 e. The van der Waals surface area contributed by atoms with Crippen LogP contribution in [0, 0.1) is 0 Å². The molecule has 0 atom stereocenters. The van der Waals surface area contributed by atoms with Gasteiger partial charge < -0.3 is 5.73 Å². The van der Waals surface area contributed by atoms with Gasteiger partial charge in [-0.3, -0.25) is 0 Å². The molecule has 0 saturated heterocycles. The van der Waals surface area contributed by atoms with Crippen LogP contribution in [0.25, 0.3) is 5.73 Å². The first kappa shape index (κ1) is 9.20. The summed E-state index contributed by atoms with van der Waals surface area (Å²) in [6.07, 6.45) is 0. The first-order valence-corrected chi connectivity index (χ1v) is 1.44. The second-order valence-electron chi connectivity index (χ2n) is 1.15. The van der Waals surface area contributed by atoms with Gasteiger partial charge >= 0.3 is 0 Å². The minimum absolute atomic E-state index is 0. The van der Waals surface area contributed by atoms with Gasteiger partial charge in [-0.2, -0.15) is 0 Å². The molecule has 0 aliphatic rings. The van der Waals surface area contributed by atoms with Gasteiger partial charge in [0.1, 0.15) is 0 Å². The third-order valence-electron chi connectivity index (χ3n) is 0. The minimum atomic E-state index is 0. The molecule has 1 radical (unpaired) electrons. The first-order chi connectivity index (χ1) is 1.73. The summed E-state index contributed by atoms with van der Waals surface area (Å²) in [7, 11) is 0. The van der Waals surface area contributed by atoms with Crippen molar-refractivity contribution in [3.63, 3.8) is 0 Å². The van der Waals surface area contributed by atoms with E-state index in [1.54, 1.807) is 0 Å². The van der Waals surface area contributed by atoms with Gasteiger partial charge in [-0.1, -0.05) is 13.8 Å². The average Bonchev–Trinajstić information content (AvgIpc) is 0.811. The van der Waals surface area contributed by atoms with Gasteiger partial charge in [0.05, 0.1) is 0 Å². The quantitative estimate of drug-likeness (QED) is 0.468. The third kappa shape index (κ3) is 69.9. The summed E-state index contributed by atoms with van der Waals surface area (Å²) in [5.41, 5.74) is 6.58. The van der Waals surface area contributed by atoms with Gasteiger partial charge in [-0.25, -0.2) is 0 Å². The van der Waals surface area contributed by atoms with Crippen LogP contribution in [0.1, 0.15) is 13.8 Å². The second-order valence-corrected chi connectivity index (χ2v) is 1.15. The molecule has 0 spiro atoms. The van der Waals surface area contributed by atoms with Crippen LogP contribution in [0.2, 0.25) is 0 Å². The maximum absolute atomic E-state index is 6.58. The van der Waals surface area contributed by atoms with Crippen LogP contribution in [0.3, 0.4) is 0 Å². The Bertz CT molecular complexity index is 11.6. The van der Waals surface area contributed by atoms with Crippen LogP contribution >= 0.6 is 0 Å². The fourth-order valence-corrected chi connectivity index (χ4v) is 0. The molecule has 0 aliphatic carbocycles. The summed E-state index contributed by atoms with van der Waals surface area (Å²) < 4.78 is 0. The van der Waals surface area contributed by atoms with Crippen molar-refractivity contribution in [2.45, 2.75) is 19.9 Å². The van der Waals surface area contributed by atoms with Crippen LogP contribution < -0.4 is 0 Å². The SMILES string of the molecule is CC(C)[NH-].[Nb]. The number of hydrogen-bond donors (Lipinski definition) is 0. The van der Waals surface area contributed by atoms with Gasteiger partial charge in [-0.05, 0) is 0 Å². The van der Waals surface area contributed by atoms with Crippen LogP contribution in [-0.2, 0) is 22.4 Å². The van der Waals surface area contributed by atoms with E-state index in [-0.39, 0.29) is 28.4 Å². The number of hydrogen-bond acceptors (Lipinski definition) is 0. The molecule has 0 aromatic carbocycles. The Morgan fingerprint density at radius 1 is 1.40 bits per heavy atom. The van der Waals surface area contributed by atoms with E-state index in [0.29, 0.717) is 0 Å². The third-order valence-corrected chi connectivity index (χ3v) is 0. The Morgan fingerprint density at radius 2 is 1.40 bits per heavy atom. The summed E-state index contributed by atoms with van der Waals surface area (Å²) in [5, 5.41) is 0. The van der Waals surface area contributed by atoms with E-state index in [9.17, 15) is 0 Å². The molecule has 0 amide bonds. The maximum Gasteiger partial charge on any atom is 0 e. The molecule has 5 heavy (non-hydrogen) atoms. The Kier molecular flexibility index (Phi) is 8.65. The van der Waals surface area contributed by atoms with Crippen molar-refractivity contribution in [3.8, 4) is 0 Å². The molecule has 0 aliphatic heterocycles. The van der Waals surface area contributed by atoms with Crippen LogP contribution in [0.4, 0.5) is 0 Å². The summed E-state index contributed by atoms with van der Waals surface area (Å²) >= 11 is 0. The average molecular weight is 151 g/mol. The van der Waals surface area contributed by atoms with E-state index < -0.39 is 0 Å². The normalized spacial score (nSPS) is 7.20. The van der Waals surface area contributed by atoms with Crippen molar-refractivity contribution in [2.24, 2.45) is 0 Å². The molecule has 0 rings (SSSR count). The molecule has 0 saturated carbocycles. The van der Waals surface area contributed by atoms with E-state index in [2.05, 4.69) is 0 Å². The van der Waals surface area contributed by atoms with Gasteiger partial charge in [0.15, 0.2) is 0 Å². The van der Waals surface area contributed by atoms with E-state index >= 15 is 0 Å². The minimum Gasteiger partial charge on any atom is -0.675 e. The standard InChI is InChI=1S/C3H8N.Nb/c1-3(2)4;/h3-4H,1-2H3;/q-1;. The Morgan fingerprint density at radius 3 is 1.40 bits per heavy atom. The number of nitrogens with one attached hydrogen (secondary N) is 1. The number of rotatable bonds is 0. The second kappa shape index (κ2) is 4.70. The Hall–Kier alpha value is 0.700. The molecule has 2 heteroatoms. The zero-order valence-electron chi connectivity index (χ0n) is 3.52. The van der Waals surface area contributed by atoms with Crippen molar-refractivity contribution < 1.29 is 22.4 Å². The molecule has 0 heterocycles. The molecule has 31 valence electrons. The zero-order valence-corrected chi connectivity index (χ0v) is 5.72. The molecule has 1 N–H and O–H groups in total. The van der Waals surface area contributed by atoms with E-state index in [4.69, 9.17) is 5.73 Å². The molecule has 0 bridgehead atoms. The van der Waals surface area contributed by atoms with E-state index in [1.807, 2.05) is 13.8 Å². The molecule has 1 nitrogen and oxygen atoms in total. The molecule has 0 unspecified atom stereocenters. The predicted octanol–water partition coefficient (Wildman–Crippen LogP) is 1.44. The fraction of sp³-hybridized carbons (Fsp3) is 1.00. The molecular formula is C3H8NNb-. The van der Waals surface area contributed by atoms with E-state index in [1.165, 1.54) is 0 Å². The molecular weight excluding hydrogens is 143 g/mol. The molecule has 0 fully saturated rings. The topological polar surface area (TPSA) is 23.8 Å². The molecule has 0 aromatic heterocycles. The fourth-order valence-electron chi connectivity index (χ4n) is 0. The summed E-state index contributed by atoms with van der Waals surface area (Å²) in [6.45, 7) is 3.67. The van der Waals surface area contributed by atoms with Gasteiger partial charge in [0.25, 0.3) is 0 Å². The van der Waals surface area contributed by atoms with Crippen molar-refractivity contribution >= 4 is 0 Å². The first-order valence-electron chi connectivity index (χ1n) is 1.44. The van der Waals surface area contributed by atoms with Crippen LogP contribution in [0.15, 0.2) is 0 Å². The molecule has 0 aromatic rings. The van der Waals surface area contributed by atoms with E-state index in [0.717, 1.165) is 0 Å². The van der Waals surface area contributed by atoms with Gasteiger partial charge in [0, 0.05) is 22.4 Å². The summed E-state index contributed by atoms with van der Waals surface area (Å²) in [6, 6.07) is 0.0833. The van der Waals surface area contributed by atoms with Crippen molar-refractivity contribution in [1.29, 1.82) is 0 Å². The summed E-state index contributed by atoms with van der Waals surface area (Å²) in [5.74, 6) is 0. The van der Waals surface area contributed by atoms with Crippen molar-refractivity contribution in [1.82, 2.24) is 0 Å². The van der Waals surface area contributed by atoms with Crippen LogP contribution in [0.5, 0.6) is 0 Å². The van der Waals surface area contributed by atoms with Gasteiger partial charge in [-0.15, -0.1) is 6.04 Å². The monoisotopic (exact) mass is 151 g/mol. The van der Waals surface area contributed by atoms with Crippen molar-refractivity contribution in [3.05, 3.63) is 5.73 Å². The van der Waals surface area contributed by atoms with Crippen molar-refractivity contribution in [2.75, 3.05) is 0 Å². The van der Waals surface area contributed by atoms with Gasteiger partial charge in [0.2, 0.25) is 0 Å². The largest absolute Gasteiger partial charge is 0.675 e. The zero-order chi connectivity index (χ0) is 3.58. The summed E-state index contributed by atoms with van der Waals surface area (Å²) in [4.78, 5) is 0. The maximum atomic E-state index is 6.58. The Balaban J connectivity index is 0.